The van der Waals surface area contributed by atoms with Gasteiger partial charge >= 0.3 is 12.1 Å². The fourth-order valence-corrected chi connectivity index (χ4v) is 1.36. The molecule has 8 heteroatoms. The predicted octanol–water partition coefficient (Wildman–Crippen LogP) is 1.38. The Balaban J connectivity index is 2.45. The Morgan fingerprint density at radius 3 is 2.65 bits per heavy atom. The number of alkyl carbamates (subject to hydrolysis) is 1. The van der Waals surface area contributed by atoms with Crippen molar-refractivity contribution in [1.29, 1.82) is 0 Å². The first-order valence-corrected chi connectivity index (χ1v) is 5.83. The molecule has 0 aliphatic carbocycles. The highest BCUT2D eigenvalue weighted by Gasteiger charge is 2.14. The van der Waals surface area contributed by atoms with Crippen molar-refractivity contribution in [3.63, 3.8) is 0 Å². The summed E-state index contributed by atoms with van der Waals surface area (Å²) in [6, 6.07) is 5.91. The standard InChI is InChI=1S/C12H14N2O6/c1-2-19-11(15)7-13-12(16)20-8-9-5-3-4-6-10(9)14(17)18/h3-6H,2,7-8H2,1H3,(H,13,16). The Hall–Kier alpha value is -2.64. The van der Waals surface area contributed by atoms with Crippen molar-refractivity contribution in [1.82, 2.24) is 5.32 Å². The topological polar surface area (TPSA) is 108 Å². The minimum atomic E-state index is -0.851. The van der Waals surface area contributed by atoms with Crippen LogP contribution in [0.25, 0.3) is 0 Å². The van der Waals surface area contributed by atoms with Crippen LogP contribution in [0.2, 0.25) is 0 Å². The number of para-hydroxylation sites is 1. The van der Waals surface area contributed by atoms with Crippen molar-refractivity contribution in [2.24, 2.45) is 0 Å². The number of nitrogens with one attached hydrogen (secondary N) is 1. The van der Waals surface area contributed by atoms with Crippen LogP contribution in [0.15, 0.2) is 24.3 Å². The number of carbonyl (C=O) groups is 2. The lowest BCUT2D eigenvalue weighted by Gasteiger charge is -2.07. The molecule has 0 aliphatic rings. The number of hydrogen-bond acceptors (Lipinski definition) is 6. The van der Waals surface area contributed by atoms with E-state index in [0.717, 1.165) is 0 Å². The quantitative estimate of drug-likeness (QED) is 0.480. The lowest BCUT2D eigenvalue weighted by Crippen LogP contribution is -2.31. The Morgan fingerprint density at radius 2 is 2.00 bits per heavy atom. The number of nitrogens with zero attached hydrogens (tertiary/aromatic N) is 1. The lowest BCUT2D eigenvalue weighted by atomic mass is 10.2. The van der Waals surface area contributed by atoms with Gasteiger partial charge < -0.3 is 14.8 Å². The molecule has 0 radical (unpaired) electrons. The van der Waals surface area contributed by atoms with Crippen molar-refractivity contribution in [3.8, 4) is 0 Å². The molecule has 1 amide bonds. The van der Waals surface area contributed by atoms with Gasteiger partial charge in [-0.25, -0.2) is 4.79 Å². The fourth-order valence-electron chi connectivity index (χ4n) is 1.36. The number of esters is 1. The van der Waals surface area contributed by atoms with E-state index in [0.29, 0.717) is 0 Å². The first kappa shape index (κ1) is 15.4. The second-order valence-corrected chi connectivity index (χ2v) is 3.62. The van der Waals surface area contributed by atoms with Crippen LogP contribution in [-0.4, -0.2) is 30.1 Å². The van der Waals surface area contributed by atoms with E-state index in [9.17, 15) is 19.7 Å². The van der Waals surface area contributed by atoms with E-state index in [-0.39, 0.29) is 31.0 Å². The van der Waals surface area contributed by atoms with E-state index in [1.165, 1.54) is 18.2 Å². The molecule has 0 aliphatic heterocycles. The summed E-state index contributed by atoms with van der Waals surface area (Å²) >= 11 is 0. The number of carbonyl (C=O) groups excluding carboxylic acids is 2. The third kappa shape index (κ3) is 4.92. The molecule has 0 saturated heterocycles. The highest BCUT2D eigenvalue weighted by atomic mass is 16.6. The summed E-state index contributed by atoms with van der Waals surface area (Å²) in [5.41, 5.74) is 0.134. The van der Waals surface area contributed by atoms with Gasteiger partial charge in [-0.2, -0.15) is 0 Å². The number of ether oxygens (including phenoxy) is 2. The van der Waals surface area contributed by atoms with Crippen LogP contribution >= 0.6 is 0 Å². The summed E-state index contributed by atoms with van der Waals surface area (Å²) in [5, 5.41) is 12.9. The monoisotopic (exact) mass is 282 g/mol. The SMILES string of the molecule is CCOC(=O)CNC(=O)OCc1ccccc1[N+](=O)[O-]. The van der Waals surface area contributed by atoms with Gasteiger partial charge in [0.15, 0.2) is 0 Å². The average Bonchev–Trinajstić information content (AvgIpc) is 2.43. The number of hydrogen-bond donors (Lipinski definition) is 1. The van der Waals surface area contributed by atoms with E-state index in [4.69, 9.17) is 4.74 Å². The fraction of sp³-hybridized carbons (Fsp3) is 0.333. The van der Waals surface area contributed by atoms with E-state index in [1.54, 1.807) is 13.0 Å². The molecule has 0 spiro atoms. The summed E-state index contributed by atoms with van der Waals surface area (Å²) in [6.45, 7) is 1.28. The molecule has 8 nitrogen and oxygen atoms in total. The second kappa shape index (κ2) is 7.72. The van der Waals surface area contributed by atoms with Crippen LogP contribution < -0.4 is 5.32 Å². The summed E-state index contributed by atoms with van der Waals surface area (Å²) < 4.78 is 9.39. The summed E-state index contributed by atoms with van der Waals surface area (Å²) in [6.07, 6.45) is -0.851. The van der Waals surface area contributed by atoms with Crippen LogP contribution in [0.1, 0.15) is 12.5 Å². The highest BCUT2D eigenvalue weighted by molar-refractivity contribution is 5.77. The average molecular weight is 282 g/mol. The highest BCUT2D eigenvalue weighted by Crippen LogP contribution is 2.18. The molecule has 0 heterocycles. The van der Waals surface area contributed by atoms with Gasteiger partial charge in [0.2, 0.25) is 0 Å². The van der Waals surface area contributed by atoms with Crippen LogP contribution in [0.5, 0.6) is 0 Å². The molecule has 0 fully saturated rings. The predicted molar refractivity (Wildman–Crippen MR) is 67.9 cm³/mol. The Kier molecular flexibility index (Phi) is 5.95. The second-order valence-electron chi connectivity index (χ2n) is 3.62. The Labute approximate surface area is 114 Å². The summed E-state index contributed by atoms with van der Waals surface area (Å²) in [7, 11) is 0. The molecule has 108 valence electrons. The maximum atomic E-state index is 11.3. The molecule has 0 unspecified atom stereocenters. The van der Waals surface area contributed by atoms with Gasteiger partial charge in [-0.1, -0.05) is 12.1 Å². The molecule has 1 aromatic rings. The van der Waals surface area contributed by atoms with Gasteiger partial charge in [-0.15, -0.1) is 0 Å². The number of nitro groups is 1. The van der Waals surface area contributed by atoms with Crippen molar-refractivity contribution >= 4 is 17.7 Å². The normalized spacial score (nSPS) is 9.65. The molecule has 0 aromatic heterocycles. The van der Waals surface area contributed by atoms with Gasteiger partial charge in [0.25, 0.3) is 5.69 Å². The first-order chi connectivity index (χ1) is 9.54. The number of amides is 1. The molecule has 20 heavy (non-hydrogen) atoms. The molecule has 0 atom stereocenters. The smallest absolute Gasteiger partial charge is 0.407 e. The van der Waals surface area contributed by atoms with E-state index >= 15 is 0 Å². The summed E-state index contributed by atoms with van der Waals surface area (Å²) in [5.74, 6) is -0.588. The van der Waals surface area contributed by atoms with E-state index in [2.05, 4.69) is 10.1 Å². The van der Waals surface area contributed by atoms with Crippen molar-refractivity contribution < 1.29 is 24.0 Å². The minimum Gasteiger partial charge on any atom is -0.465 e. The molecular weight excluding hydrogens is 268 g/mol. The van der Waals surface area contributed by atoms with Crippen molar-refractivity contribution in [2.75, 3.05) is 13.2 Å². The molecule has 0 bridgehead atoms. The zero-order valence-electron chi connectivity index (χ0n) is 10.8. The van der Waals surface area contributed by atoms with E-state index < -0.39 is 17.0 Å². The lowest BCUT2D eigenvalue weighted by molar-refractivity contribution is -0.385. The zero-order valence-corrected chi connectivity index (χ0v) is 10.8. The molecule has 1 N–H and O–H groups in total. The third-order valence-electron chi connectivity index (χ3n) is 2.23. The molecule has 1 rings (SSSR count). The number of nitro benzene ring substituents is 1. The molecular formula is C12H14N2O6. The van der Waals surface area contributed by atoms with Crippen LogP contribution in [0.4, 0.5) is 10.5 Å². The van der Waals surface area contributed by atoms with Crippen molar-refractivity contribution in [2.45, 2.75) is 13.5 Å². The van der Waals surface area contributed by atoms with Gasteiger partial charge in [0, 0.05) is 6.07 Å². The van der Waals surface area contributed by atoms with Crippen LogP contribution in [-0.2, 0) is 20.9 Å². The number of rotatable bonds is 6. The van der Waals surface area contributed by atoms with Crippen molar-refractivity contribution in [3.05, 3.63) is 39.9 Å². The van der Waals surface area contributed by atoms with Gasteiger partial charge in [0.05, 0.1) is 17.1 Å². The minimum absolute atomic E-state index is 0.134. The largest absolute Gasteiger partial charge is 0.465 e. The van der Waals surface area contributed by atoms with Gasteiger partial charge in [-0.05, 0) is 13.0 Å². The zero-order chi connectivity index (χ0) is 15.0. The molecule has 1 aromatic carbocycles. The van der Waals surface area contributed by atoms with E-state index in [1.807, 2.05) is 0 Å². The van der Waals surface area contributed by atoms with Gasteiger partial charge in [-0.3, -0.25) is 14.9 Å². The van der Waals surface area contributed by atoms with Crippen LogP contribution in [0, 0.1) is 10.1 Å². The van der Waals surface area contributed by atoms with Crippen LogP contribution in [0.3, 0.4) is 0 Å². The maximum absolute atomic E-state index is 11.3. The number of benzene rings is 1. The Bertz CT molecular complexity index is 502. The summed E-state index contributed by atoms with van der Waals surface area (Å²) in [4.78, 5) is 32.5. The Morgan fingerprint density at radius 1 is 1.30 bits per heavy atom. The maximum Gasteiger partial charge on any atom is 0.407 e. The van der Waals surface area contributed by atoms with Gasteiger partial charge in [0.1, 0.15) is 13.2 Å². The third-order valence-corrected chi connectivity index (χ3v) is 2.23. The molecule has 0 saturated carbocycles. The first-order valence-electron chi connectivity index (χ1n) is 5.83.